The number of hydrogen-bond donors (Lipinski definition) is 1. The molecule has 0 aliphatic carbocycles. The van der Waals surface area contributed by atoms with Crippen molar-refractivity contribution in [1.82, 2.24) is 5.32 Å². The summed E-state index contributed by atoms with van der Waals surface area (Å²) in [6.45, 7) is 0.401. The van der Waals surface area contributed by atoms with Crippen LogP contribution in [0.2, 0.25) is 5.02 Å². The van der Waals surface area contributed by atoms with E-state index < -0.39 is 0 Å². The summed E-state index contributed by atoms with van der Waals surface area (Å²) in [5, 5.41) is 3.18. The van der Waals surface area contributed by atoms with Crippen molar-refractivity contribution in [2.45, 2.75) is 6.61 Å². The molecule has 2 aromatic rings. The number of ether oxygens (including phenoxy) is 1. The third kappa shape index (κ3) is 4.13. The molecular weight excluding hydrogens is 350 g/mol. The molecule has 1 fully saturated rings. The maximum atomic E-state index is 11.7. The van der Waals surface area contributed by atoms with E-state index in [1.807, 2.05) is 48.5 Å². The summed E-state index contributed by atoms with van der Waals surface area (Å²) in [4.78, 5) is 12.3. The summed E-state index contributed by atoms with van der Waals surface area (Å²) < 4.78 is 6.21. The smallest absolute Gasteiger partial charge is 0.263 e. The molecule has 23 heavy (non-hydrogen) atoms. The largest absolute Gasteiger partial charge is 0.487 e. The summed E-state index contributed by atoms with van der Waals surface area (Å²) >= 11 is 12.3. The lowest BCUT2D eigenvalue weighted by Crippen LogP contribution is -2.17. The topological polar surface area (TPSA) is 38.3 Å². The van der Waals surface area contributed by atoms with E-state index in [-0.39, 0.29) is 5.91 Å². The SMILES string of the molecule is O=C1NC(=S)SC1=Cc1cccc(COc2ccccc2Cl)c1. The van der Waals surface area contributed by atoms with Crippen molar-refractivity contribution in [2.24, 2.45) is 0 Å². The van der Waals surface area contributed by atoms with Crippen molar-refractivity contribution in [2.75, 3.05) is 0 Å². The van der Waals surface area contributed by atoms with E-state index in [2.05, 4.69) is 5.32 Å². The van der Waals surface area contributed by atoms with Crippen LogP contribution in [0.5, 0.6) is 5.75 Å². The highest BCUT2D eigenvalue weighted by Gasteiger charge is 2.21. The van der Waals surface area contributed by atoms with Crippen molar-refractivity contribution in [1.29, 1.82) is 0 Å². The molecule has 0 radical (unpaired) electrons. The van der Waals surface area contributed by atoms with Crippen LogP contribution < -0.4 is 10.1 Å². The van der Waals surface area contributed by atoms with Gasteiger partial charge in [0.05, 0.1) is 9.93 Å². The van der Waals surface area contributed by atoms with E-state index in [1.54, 1.807) is 6.07 Å². The molecule has 0 spiro atoms. The van der Waals surface area contributed by atoms with Crippen LogP contribution in [-0.2, 0) is 11.4 Å². The highest BCUT2D eigenvalue weighted by atomic mass is 35.5. The summed E-state index contributed by atoms with van der Waals surface area (Å²) in [6.07, 6.45) is 1.82. The van der Waals surface area contributed by atoms with Crippen LogP contribution in [0, 0.1) is 0 Å². The van der Waals surface area contributed by atoms with Gasteiger partial charge in [-0.2, -0.15) is 0 Å². The first-order chi connectivity index (χ1) is 11.1. The molecule has 1 saturated heterocycles. The van der Waals surface area contributed by atoms with Crippen molar-refractivity contribution < 1.29 is 9.53 Å². The molecule has 1 heterocycles. The lowest BCUT2D eigenvalue weighted by atomic mass is 10.1. The zero-order valence-corrected chi connectivity index (χ0v) is 14.3. The molecule has 2 aromatic carbocycles. The van der Waals surface area contributed by atoms with Crippen molar-refractivity contribution in [3.63, 3.8) is 0 Å². The lowest BCUT2D eigenvalue weighted by Gasteiger charge is -2.08. The molecule has 1 amide bonds. The van der Waals surface area contributed by atoms with Gasteiger partial charge in [-0.15, -0.1) is 0 Å². The van der Waals surface area contributed by atoms with Gasteiger partial charge in [-0.3, -0.25) is 4.79 Å². The van der Waals surface area contributed by atoms with Gasteiger partial charge in [-0.1, -0.05) is 65.9 Å². The summed E-state index contributed by atoms with van der Waals surface area (Å²) in [7, 11) is 0. The second-order valence-electron chi connectivity index (χ2n) is 4.82. The molecular formula is C17H12ClNO2S2. The first kappa shape index (κ1) is 16.1. The Labute approximate surface area is 148 Å². The first-order valence-electron chi connectivity index (χ1n) is 6.83. The maximum Gasteiger partial charge on any atom is 0.263 e. The van der Waals surface area contributed by atoms with Crippen LogP contribution in [0.1, 0.15) is 11.1 Å². The van der Waals surface area contributed by atoms with E-state index >= 15 is 0 Å². The number of carbonyl (C=O) groups is 1. The molecule has 1 aliphatic rings. The fourth-order valence-corrected chi connectivity index (χ4v) is 3.30. The van der Waals surface area contributed by atoms with Crippen LogP contribution in [0.4, 0.5) is 0 Å². The Kier molecular flexibility index (Phi) is 5.00. The Morgan fingerprint density at radius 3 is 2.78 bits per heavy atom. The number of rotatable bonds is 4. The predicted octanol–water partition coefficient (Wildman–Crippen LogP) is 4.41. The Hall–Kier alpha value is -1.82. The van der Waals surface area contributed by atoms with Crippen LogP contribution in [0.15, 0.2) is 53.4 Å². The Balaban J connectivity index is 1.73. The van der Waals surface area contributed by atoms with Gasteiger partial charge in [-0.25, -0.2) is 0 Å². The van der Waals surface area contributed by atoms with Gasteiger partial charge in [0.25, 0.3) is 5.91 Å². The third-order valence-corrected chi connectivity index (χ3v) is 4.60. The quantitative estimate of drug-likeness (QED) is 0.646. The number of hydrogen-bond acceptors (Lipinski definition) is 4. The van der Waals surface area contributed by atoms with E-state index in [1.165, 1.54) is 11.8 Å². The fourth-order valence-electron chi connectivity index (χ4n) is 2.07. The molecule has 1 N–H and O–H groups in total. The number of nitrogens with one attached hydrogen (secondary N) is 1. The lowest BCUT2D eigenvalue weighted by molar-refractivity contribution is -0.115. The fraction of sp³-hybridized carbons (Fsp3) is 0.0588. The number of amides is 1. The average Bonchev–Trinajstić information content (AvgIpc) is 2.84. The van der Waals surface area contributed by atoms with Gasteiger partial charge in [0, 0.05) is 0 Å². The number of benzene rings is 2. The van der Waals surface area contributed by atoms with E-state index in [4.69, 9.17) is 28.6 Å². The number of thioether (sulfide) groups is 1. The van der Waals surface area contributed by atoms with Crippen LogP contribution in [0.25, 0.3) is 6.08 Å². The maximum absolute atomic E-state index is 11.7. The Bertz CT molecular complexity index is 805. The highest BCUT2D eigenvalue weighted by Crippen LogP contribution is 2.27. The van der Waals surface area contributed by atoms with Gasteiger partial charge in [0.2, 0.25) is 0 Å². The minimum Gasteiger partial charge on any atom is -0.487 e. The predicted molar refractivity (Wildman–Crippen MR) is 98.5 cm³/mol. The second-order valence-corrected chi connectivity index (χ2v) is 6.94. The summed E-state index contributed by atoms with van der Waals surface area (Å²) in [5.41, 5.74) is 1.91. The highest BCUT2D eigenvalue weighted by molar-refractivity contribution is 8.26. The van der Waals surface area contributed by atoms with Crippen molar-refractivity contribution >= 4 is 51.9 Å². The molecule has 116 valence electrons. The molecule has 3 nitrogen and oxygen atoms in total. The summed E-state index contributed by atoms with van der Waals surface area (Å²) in [5.74, 6) is 0.492. The first-order valence-corrected chi connectivity index (χ1v) is 8.43. The Morgan fingerprint density at radius 2 is 2.04 bits per heavy atom. The molecule has 0 aromatic heterocycles. The number of halogens is 1. The molecule has 6 heteroatoms. The number of carbonyl (C=O) groups excluding carboxylic acids is 1. The normalized spacial score (nSPS) is 15.8. The molecule has 0 saturated carbocycles. The van der Waals surface area contributed by atoms with Gasteiger partial charge in [0.15, 0.2) is 0 Å². The molecule has 3 rings (SSSR count). The van der Waals surface area contributed by atoms with Crippen LogP contribution >= 0.6 is 35.6 Å². The van der Waals surface area contributed by atoms with E-state index in [0.29, 0.717) is 26.6 Å². The van der Waals surface area contributed by atoms with Gasteiger partial charge in [-0.05, 0) is 35.4 Å². The molecule has 0 bridgehead atoms. The number of thiocarbonyl (C=S) groups is 1. The zero-order valence-electron chi connectivity index (χ0n) is 11.9. The Morgan fingerprint density at radius 1 is 1.22 bits per heavy atom. The minimum absolute atomic E-state index is 0.155. The van der Waals surface area contributed by atoms with E-state index in [0.717, 1.165) is 11.1 Å². The van der Waals surface area contributed by atoms with E-state index in [9.17, 15) is 4.79 Å². The van der Waals surface area contributed by atoms with Gasteiger partial charge in [0.1, 0.15) is 16.7 Å². The number of para-hydroxylation sites is 1. The zero-order chi connectivity index (χ0) is 16.2. The minimum atomic E-state index is -0.155. The second kappa shape index (κ2) is 7.17. The monoisotopic (exact) mass is 361 g/mol. The molecule has 0 atom stereocenters. The van der Waals surface area contributed by atoms with Crippen LogP contribution in [0.3, 0.4) is 0 Å². The van der Waals surface area contributed by atoms with Crippen molar-refractivity contribution in [3.8, 4) is 5.75 Å². The third-order valence-electron chi connectivity index (χ3n) is 3.12. The van der Waals surface area contributed by atoms with Crippen molar-refractivity contribution in [3.05, 3.63) is 69.6 Å². The molecule has 1 aliphatic heterocycles. The van der Waals surface area contributed by atoms with Gasteiger partial charge >= 0.3 is 0 Å². The average molecular weight is 362 g/mol. The standard InChI is InChI=1S/C17H12ClNO2S2/c18-13-6-1-2-7-14(13)21-10-12-5-3-4-11(8-12)9-15-16(20)19-17(22)23-15/h1-9H,10H2,(H,19,20,22). The van der Waals surface area contributed by atoms with Crippen LogP contribution in [-0.4, -0.2) is 10.2 Å². The summed E-state index contributed by atoms with van der Waals surface area (Å²) in [6, 6.07) is 15.1. The van der Waals surface area contributed by atoms with Gasteiger partial charge < -0.3 is 10.1 Å². The molecule has 0 unspecified atom stereocenters.